The number of carboxylic acid groups (broad SMARTS) is 1. The molecule has 0 aliphatic rings. The summed E-state index contributed by atoms with van der Waals surface area (Å²) in [6, 6.07) is -1.91. The summed E-state index contributed by atoms with van der Waals surface area (Å²) in [4.78, 5) is 22.4. The van der Waals surface area contributed by atoms with Crippen LogP contribution >= 0.6 is 0 Å². The molecule has 0 saturated carbocycles. The summed E-state index contributed by atoms with van der Waals surface area (Å²) in [5.41, 5.74) is 0. The van der Waals surface area contributed by atoms with Crippen LogP contribution in [0.2, 0.25) is 0 Å². The summed E-state index contributed by atoms with van der Waals surface area (Å²) in [6.07, 6.45) is -8.54. The van der Waals surface area contributed by atoms with E-state index in [0.29, 0.717) is 0 Å². The Bertz CT molecular complexity index is 495. The second-order valence-corrected chi connectivity index (χ2v) is 7.38. The molecule has 2 unspecified atom stereocenters. The van der Waals surface area contributed by atoms with Gasteiger partial charge < -0.3 is 40.5 Å². The molecule has 0 aromatic carbocycles. The first kappa shape index (κ1) is 21.1. The first-order valence-corrected chi connectivity index (χ1v) is 8.33. The zero-order chi connectivity index (χ0) is 17.7. The van der Waals surface area contributed by atoms with E-state index >= 15 is 0 Å². The highest BCUT2D eigenvalue weighted by atomic mass is 32.8. The molecule has 0 heterocycles. The normalized spacial score (nSPS) is 21.0. The largest absolute Gasteiger partial charge is 0.480 e. The van der Waals surface area contributed by atoms with Crippen molar-refractivity contribution in [2.45, 2.75) is 30.5 Å². The lowest BCUT2D eigenvalue weighted by Gasteiger charge is -2.25. The number of hydrogen-bond donors (Lipinski definition) is 8. The molecule has 0 aliphatic heterocycles. The van der Waals surface area contributed by atoms with Crippen LogP contribution in [0, 0.1) is 0 Å². The molecule has 0 bridgehead atoms. The predicted octanol–water partition coefficient (Wildman–Crippen LogP) is -4.79. The number of carbonyl (C=O) groups is 2. The van der Waals surface area contributed by atoms with Crippen LogP contribution in [0.1, 0.15) is 0 Å². The van der Waals surface area contributed by atoms with E-state index in [-0.39, 0.29) is 0 Å². The van der Waals surface area contributed by atoms with Crippen molar-refractivity contribution in [3.05, 3.63) is 0 Å². The zero-order valence-electron chi connectivity index (χ0n) is 11.0. The van der Waals surface area contributed by atoms with Gasteiger partial charge in [0.25, 0.3) is 5.91 Å². The Morgan fingerprint density at radius 2 is 1.64 bits per heavy atom. The highest BCUT2D eigenvalue weighted by Gasteiger charge is 2.36. The Morgan fingerprint density at radius 1 is 1.14 bits per heavy atom. The van der Waals surface area contributed by atoms with Gasteiger partial charge in [-0.25, -0.2) is 9.00 Å². The van der Waals surface area contributed by atoms with Crippen molar-refractivity contribution in [2.75, 3.05) is 12.4 Å². The molecule has 0 aliphatic carbocycles. The van der Waals surface area contributed by atoms with Gasteiger partial charge in [-0.2, -0.15) is 0 Å². The number of aliphatic carboxylic acids is 1. The number of carbonyl (C=O) groups excluding carboxylic acids is 1. The van der Waals surface area contributed by atoms with Crippen molar-refractivity contribution >= 4 is 31.8 Å². The molecule has 6 atom stereocenters. The fourth-order valence-electron chi connectivity index (χ4n) is 1.32. The smallest absolute Gasteiger partial charge is 0.327 e. The molecular weight excluding hydrogens is 346 g/mol. The number of carboxylic acids is 1. The summed E-state index contributed by atoms with van der Waals surface area (Å²) < 4.78 is 19.9. The summed E-state index contributed by atoms with van der Waals surface area (Å²) >= 11 is 4.10. The molecular formula is C9H17NO10S2. The van der Waals surface area contributed by atoms with Gasteiger partial charge in [-0.1, -0.05) is 0 Å². The minimum atomic E-state index is -3.92. The van der Waals surface area contributed by atoms with E-state index in [1.165, 1.54) is 0 Å². The lowest BCUT2D eigenvalue weighted by atomic mass is 10.0. The molecule has 0 spiro atoms. The lowest BCUT2D eigenvalue weighted by molar-refractivity contribution is -0.152. The minimum absolute atomic E-state index is 0.965. The molecule has 13 heteroatoms. The van der Waals surface area contributed by atoms with Crippen molar-refractivity contribution in [3.63, 3.8) is 0 Å². The number of aliphatic hydroxyl groups is 5. The summed E-state index contributed by atoms with van der Waals surface area (Å²) in [6.45, 7) is -0.965. The van der Waals surface area contributed by atoms with Crippen LogP contribution < -0.4 is 5.32 Å². The van der Waals surface area contributed by atoms with E-state index in [2.05, 4.69) is 11.2 Å². The molecule has 0 aromatic rings. The van der Waals surface area contributed by atoms with E-state index in [0.717, 1.165) is 0 Å². The van der Waals surface area contributed by atoms with Crippen molar-refractivity contribution in [2.24, 2.45) is 0 Å². The van der Waals surface area contributed by atoms with Crippen molar-refractivity contribution in [1.29, 1.82) is 0 Å². The maximum absolute atomic E-state index is 11.6. The molecule has 1 amide bonds. The van der Waals surface area contributed by atoms with Crippen LogP contribution in [0.15, 0.2) is 0 Å². The molecule has 0 rings (SSSR count). The Hall–Kier alpha value is -0.930. The van der Waals surface area contributed by atoms with E-state index in [1.807, 2.05) is 0 Å². The predicted molar refractivity (Wildman–Crippen MR) is 73.7 cm³/mol. The van der Waals surface area contributed by atoms with Gasteiger partial charge in [-0.15, -0.1) is 0 Å². The molecule has 0 aromatic heterocycles. The van der Waals surface area contributed by atoms with Crippen molar-refractivity contribution < 1.29 is 49.0 Å². The Balaban J connectivity index is 4.90. The van der Waals surface area contributed by atoms with Crippen LogP contribution in [0.4, 0.5) is 0 Å². The third-order valence-corrected chi connectivity index (χ3v) is 3.68. The van der Waals surface area contributed by atoms with Gasteiger partial charge in [-0.3, -0.25) is 4.79 Å². The lowest BCUT2D eigenvalue weighted by Crippen LogP contribution is -2.55. The van der Waals surface area contributed by atoms with Crippen molar-refractivity contribution in [3.8, 4) is 0 Å². The number of hydrogen-bond acceptors (Lipinski definition) is 9. The SMILES string of the molecule is O=C(O)C(CS(=O)(O)=S)NC(=O)[C@H](O)[C@@H](O)[C@H](O)[C@H](O)CO. The second-order valence-electron chi connectivity index (χ2n) is 4.32. The summed E-state index contributed by atoms with van der Waals surface area (Å²) in [5, 5.41) is 56.3. The van der Waals surface area contributed by atoms with E-state index in [9.17, 15) is 29.1 Å². The standard InChI is InChI=1S/C9H17NO10S2/c11-1-4(12)5(13)6(14)7(15)8(16)10-3(9(17)18)2-22(19,20)21/h3-7,11-15H,1-2H2,(H,10,16)(H,17,18)(H,19,20,21)/t3?,4-,5-,6+,7-/m1/s1. The molecule has 0 fully saturated rings. The first-order chi connectivity index (χ1) is 9.90. The highest BCUT2D eigenvalue weighted by Crippen LogP contribution is 2.06. The number of nitrogens with one attached hydrogen (secondary N) is 1. The van der Waals surface area contributed by atoms with Crippen molar-refractivity contribution in [1.82, 2.24) is 5.32 Å². The van der Waals surface area contributed by atoms with Gasteiger partial charge in [-0.05, 0) is 0 Å². The third-order valence-electron chi connectivity index (χ3n) is 2.52. The van der Waals surface area contributed by atoms with Gasteiger partial charge in [0, 0.05) is 11.2 Å². The molecule has 130 valence electrons. The Morgan fingerprint density at radius 3 is 2.00 bits per heavy atom. The van der Waals surface area contributed by atoms with Crippen LogP contribution in [0.5, 0.6) is 0 Å². The number of aliphatic hydroxyl groups excluding tert-OH is 5. The first-order valence-electron chi connectivity index (χ1n) is 5.72. The van der Waals surface area contributed by atoms with Gasteiger partial charge in [0.05, 0.1) is 12.4 Å². The van der Waals surface area contributed by atoms with Gasteiger partial charge in [0.15, 0.2) is 6.10 Å². The van der Waals surface area contributed by atoms with Gasteiger partial charge in [0.1, 0.15) is 33.1 Å². The number of amides is 1. The topological polar surface area (TPSA) is 205 Å². The zero-order valence-corrected chi connectivity index (χ0v) is 12.6. The molecule has 0 radical (unpaired) electrons. The summed E-state index contributed by atoms with van der Waals surface area (Å²) in [7, 11) is -3.92. The van der Waals surface area contributed by atoms with Crippen LogP contribution in [0.25, 0.3) is 0 Å². The van der Waals surface area contributed by atoms with Crippen LogP contribution in [-0.2, 0) is 29.6 Å². The summed E-state index contributed by atoms with van der Waals surface area (Å²) in [5.74, 6) is -4.21. The maximum atomic E-state index is 11.6. The van der Waals surface area contributed by atoms with E-state index in [4.69, 9.17) is 19.9 Å². The van der Waals surface area contributed by atoms with Gasteiger partial charge >= 0.3 is 5.97 Å². The second kappa shape index (κ2) is 8.64. The molecule has 0 saturated heterocycles. The quantitative estimate of drug-likeness (QED) is 0.195. The van der Waals surface area contributed by atoms with Crippen LogP contribution in [0.3, 0.4) is 0 Å². The minimum Gasteiger partial charge on any atom is -0.480 e. The monoisotopic (exact) mass is 363 g/mol. The molecule has 11 nitrogen and oxygen atoms in total. The highest BCUT2D eigenvalue weighted by molar-refractivity contribution is 8.29. The molecule has 22 heavy (non-hydrogen) atoms. The van der Waals surface area contributed by atoms with E-state index in [1.54, 1.807) is 5.32 Å². The maximum Gasteiger partial charge on any atom is 0.327 e. The fourth-order valence-corrected chi connectivity index (χ4v) is 2.38. The van der Waals surface area contributed by atoms with Crippen LogP contribution in [-0.4, -0.2) is 94.1 Å². The number of rotatable bonds is 9. The van der Waals surface area contributed by atoms with E-state index < -0.39 is 63.5 Å². The Labute approximate surface area is 129 Å². The van der Waals surface area contributed by atoms with Gasteiger partial charge in [0.2, 0.25) is 0 Å². The Kier molecular flexibility index (Phi) is 8.27. The molecule has 8 N–H and O–H groups in total. The average molecular weight is 363 g/mol. The average Bonchev–Trinajstić information content (AvgIpc) is 2.41. The fraction of sp³-hybridized carbons (Fsp3) is 0.778. The third kappa shape index (κ3) is 6.89.